The van der Waals surface area contributed by atoms with Gasteiger partial charge < -0.3 is 9.84 Å². The Bertz CT molecular complexity index is 1100. The molecule has 1 fully saturated rings. The molecule has 6 nitrogen and oxygen atoms in total. The maximum absolute atomic E-state index is 12.8. The second-order valence-electron chi connectivity index (χ2n) is 7.66. The standard InChI is InChI=1S/C22H21Cl2IN4O2/c1-13-9-16(25)5-7-19(13)26-22(30)14-3-2-8-29(11-14)12-20-27-21(28-31-20)17-6-4-15(23)10-18(17)24/h4-7,9-10,14H,2-3,8,11-12H2,1H3,(H,26,30). The van der Waals surface area contributed by atoms with Crippen molar-refractivity contribution in [1.29, 1.82) is 0 Å². The first-order valence-electron chi connectivity index (χ1n) is 9.96. The van der Waals surface area contributed by atoms with Crippen LogP contribution >= 0.6 is 45.8 Å². The van der Waals surface area contributed by atoms with Gasteiger partial charge in [0.05, 0.1) is 17.5 Å². The maximum Gasteiger partial charge on any atom is 0.241 e. The lowest BCUT2D eigenvalue weighted by Crippen LogP contribution is -2.40. The van der Waals surface area contributed by atoms with E-state index in [4.69, 9.17) is 27.7 Å². The molecular weight excluding hydrogens is 550 g/mol. The molecule has 0 radical (unpaired) electrons. The number of hydrogen-bond donors (Lipinski definition) is 1. The van der Waals surface area contributed by atoms with Crippen LogP contribution < -0.4 is 5.32 Å². The Labute approximate surface area is 204 Å². The Balaban J connectivity index is 1.39. The first kappa shape index (κ1) is 22.5. The molecule has 31 heavy (non-hydrogen) atoms. The van der Waals surface area contributed by atoms with Crippen molar-refractivity contribution in [1.82, 2.24) is 15.0 Å². The molecule has 1 atom stereocenters. The summed E-state index contributed by atoms with van der Waals surface area (Å²) in [7, 11) is 0. The van der Waals surface area contributed by atoms with Gasteiger partial charge in [-0.25, -0.2) is 0 Å². The van der Waals surface area contributed by atoms with Crippen molar-refractivity contribution in [3.05, 3.63) is 61.5 Å². The summed E-state index contributed by atoms with van der Waals surface area (Å²) in [4.78, 5) is 19.5. The average molecular weight is 571 g/mol. The number of aromatic nitrogens is 2. The maximum atomic E-state index is 12.8. The lowest BCUT2D eigenvalue weighted by atomic mass is 9.97. The highest BCUT2D eigenvalue weighted by atomic mass is 127. The fraction of sp³-hybridized carbons (Fsp3) is 0.318. The molecule has 1 N–H and O–H groups in total. The van der Waals surface area contributed by atoms with Crippen LogP contribution in [0.4, 0.5) is 5.69 Å². The largest absolute Gasteiger partial charge is 0.338 e. The van der Waals surface area contributed by atoms with Crippen molar-refractivity contribution in [2.45, 2.75) is 26.3 Å². The number of aryl methyl sites for hydroxylation is 1. The first-order chi connectivity index (χ1) is 14.9. The van der Waals surface area contributed by atoms with Gasteiger partial charge in [-0.1, -0.05) is 28.4 Å². The van der Waals surface area contributed by atoms with E-state index in [9.17, 15) is 4.79 Å². The Kier molecular flexibility index (Phi) is 7.15. The normalized spacial score (nSPS) is 17.0. The molecule has 2 aromatic carbocycles. The van der Waals surface area contributed by atoms with Gasteiger partial charge in [-0.3, -0.25) is 9.69 Å². The topological polar surface area (TPSA) is 71.3 Å². The molecule has 0 saturated carbocycles. The smallest absolute Gasteiger partial charge is 0.241 e. The lowest BCUT2D eigenvalue weighted by Gasteiger charge is -2.31. The molecule has 0 spiro atoms. The lowest BCUT2D eigenvalue weighted by molar-refractivity contribution is -0.121. The number of hydrogen-bond acceptors (Lipinski definition) is 5. The molecule has 162 valence electrons. The minimum absolute atomic E-state index is 0.0492. The third-order valence-electron chi connectivity index (χ3n) is 5.32. The number of amides is 1. The summed E-state index contributed by atoms with van der Waals surface area (Å²) in [5.74, 6) is 0.890. The van der Waals surface area contributed by atoms with Gasteiger partial charge in [0.1, 0.15) is 0 Å². The summed E-state index contributed by atoms with van der Waals surface area (Å²) < 4.78 is 6.58. The van der Waals surface area contributed by atoms with Crippen molar-refractivity contribution < 1.29 is 9.32 Å². The predicted molar refractivity (Wildman–Crippen MR) is 130 cm³/mol. The first-order valence-corrected chi connectivity index (χ1v) is 11.8. The van der Waals surface area contributed by atoms with E-state index in [1.165, 1.54) is 0 Å². The number of anilines is 1. The molecule has 3 aromatic rings. The molecule has 4 rings (SSSR count). The molecule has 1 amide bonds. The van der Waals surface area contributed by atoms with Crippen LogP contribution in [0.5, 0.6) is 0 Å². The van der Waals surface area contributed by atoms with Crippen LogP contribution in [-0.4, -0.2) is 34.0 Å². The van der Waals surface area contributed by atoms with Crippen molar-refractivity contribution in [3.8, 4) is 11.4 Å². The number of benzene rings is 2. The number of nitrogens with zero attached hydrogens (tertiary/aromatic N) is 3. The van der Waals surface area contributed by atoms with Crippen LogP contribution in [0.1, 0.15) is 24.3 Å². The molecule has 1 unspecified atom stereocenters. The monoisotopic (exact) mass is 570 g/mol. The van der Waals surface area contributed by atoms with Crippen molar-refractivity contribution in [2.75, 3.05) is 18.4 Å². The molecule has 1 aromatic heterocycles. The van der Waals surface area contributed by atoms with Gasteiger partial charge in [0.15, 0.2) is 0 Å². The molecule has 0 bridgehead atoms. The number of rotatable bonds is 5. The zero-order chi connectivity index (χ0) is 22.0. The van der Waals surface area contributed by atoms with Gasteiger partial charge in [0, 0.05) is 26.4 Å². The van der Waals surface area contributed by atoms with Crippen LogP contribution in [-0.2, 0) is 11.3 Å². The summed E-state index contributed by atoms with van der Waals surface area (Å²) in [6.45, 7) is 4.02. The number of piperidine rings is 1. The molecule has 0 aliphatic carbocycles. The number of halogens is 3. The van der Waals surface area contributed by atoms with Gasteiger partial charge in [-0.15, -0.1) is 0 Å². The van der Waals surface area contributed by atoms with Gasteiger partial charge in [0.2, 0.25) is 17.6 Å². The molecule has 2 heterocycles. The van der Waals surface area contributed by atoms with E-state index in [1.807, 2.05) is 19.1 Å². The Morgan fingerprint density at radius 3 is 2.90 bits per heavy atom. The van der Waals surface area contributed by atoms with Crippen LogP contribution in [0.15, 0.2) is 40.9 Å². The number of nitrogens with one attached hydrogen (secondary N) is 1. The highest BCUT2D eigenvalue weighted by Gasteiger charge is 2.27. The summed E-state index contributed by atoms with van der Waals surface area (Å²) in [6.07, 6.45) is 1.80. The summed E-state index contributed by atoms with van der Waals surface area (Å²) in [5, 5.41) is 8.16. The fourth-order valence-electron chi connectivity index (χ4n) is 3.71. The van der Waals surface area contributed by atoms with Gasteiger partial charge >= 0.3 is 0 Å². The van der Waals surface area contributed by atoms with Gasteiger partial charge in [0.25, 0.3) is 0 Å². The van der Waals surface area contributed by atoms with Crippen molar-refractivity contribution in [2.24, 2.45) is 5.92 Å². The van der Waals surface area contributed by atoms with E-state index >= 15 is 0 Å². The van der Waals surface area contributed by atoms with Crippen molar-refractivity contribution >= 4 is 57.4 Å². The van der Waals surface area contributed by atoms with E-state index in [1.54, 1.807) is 18.2 Å². The molecule has 1 aliphatic rings. The van der Waals surface area contributed by atoms with E-state index in [-0.39, 0.29) is 11.8 Å². The van der Waals surface area contributed by atoms with Gasteiger partial charge in [-0.2, -0.15) is 4.98 Å². The quantitative estimate of drug-likeness (QED) is 0.392. The van der Waals surface area contributed by atoms with Crippen molar-refractivity contribution in [3.63, 3.8) is 0 Å². The summed E-state index contributed by atoms with van der Waals surface area (Å²) in [5.41, 5.74) is 2.60. The zero-order valence-corrected chi connectivity index (χ0v) is 20.5. The number of likely N-dealkylation sites (tertiary alicyclic amines) is 1. The van der Waals surface area contributed by atoms with E-state index < -0.39 is 0 Å². The Morgan fingerprint density at radius 1 is 1.29 bits per heavy atom. The minimum Gasteiger partial charge on any atom is -0.338 e. The summed E-state index contributed by atoms with van der Waals surface area (Å²) in [6, 6.07) is 11.2. The Hall–Kier alpha value is -1.68. The second-order valence-corrected chi connectivity index (χ2v) is 9.75. The third-order valence-corrected chi connectivity index (χ3v) is 6.54. The van der Waals surface area contributed by atoms with Gasteiger partial charge in [-0.05, 0) is 90.9 Å². The molecule has 9 heteroatoms. The SMILES string of the molecule is Cc1cc(I)ccc1NC(=O)C1CCCN(Cc2nc(-c3ccc(Cl)cc3Cl)no2)C1. The average Bonchev–Trinajstić information content (AvgIpc) is 3.18. The van der Waals surface area contributed by atoms with E-state index in [0.717, 1.165) is 34.2 Å². The van der Waals surface area contributed by atoms with E-state index in [2.05, 4.69) is 49.0 Å². The number of carbonyl (C=O) groups is 1. The molecule has 1 saturated heterocycles. The van der Waals surface area contributed by atoms with Crippen LogP contribution in [0, 0.1) is 16.4 Å². The highest BCUT2D eigenvalue weighted by Crippen LogP contribution is 2.29. The van der Waals surface area contributed by atoms with Crippen LogP contribution in [0.25, 0.3) is 11.4 Å². The minimum atomic E-state index is -0.0828. The number of carbonyl (C=O) groups excluding carboxylic acids is 1. The third kappa shape index (κ3) is 5.58. The molecular formula is C22H21Cl2IN4O2. The Morgan fingerprint density at radius 2 is 2.13 bits per heavy atom. The molecule has 1 aliphatic heterocycles. The summed E-state index contributed by atoms with van der Waals surface area (Å²) >= 11 is 14.5. The van der Waals surface area contributed by atoms with Crippen LogP contribution in [0.2, 0.25) is 10.0 Å². The van der Waals surface area contributed by atoms with E-state index in [0.29, 0.717) is 40.4 Å². The second kappa shape index (κ2) is 9.85. The zero-order valence-electron chi connectivity index (χ0n) is 16.9. The fourth-order valence-corrected chi connectivity index (χ4v) is 4.85. The van der Waals surface area contributed by atoms with Crippen LogP contribution in [0.3, 0.4) is 0 Å². The highest BCUT2D eigenvalue weighted by molar-refractivity contribution is 14.1. The predicted octanol–water partition coefficient (Wildman–Crippen LogP) is 5.81.